The number of alkyl halides is 2. The quantitative estimate of drug-likeness (QED) is 0.898. The van der Waals surface area contributed by atoms with E-state index in [9.17, 15) is 8.78 Å². The molecule has 2 N–H and O–H groups in total. The Morgan fingerprint density at radius 1 is 1.28 bits per heavy atom. The van der Waals surface area contributed by atoms with Crippen molar-refractivity contribution in [3.63, 3.8) is 0 Å². The SMILES string of the molecule is NCC1(c2cn(-c3ccccc3)nn2)CC1(F)F. The van der Waals surface area contributed by atoms with Gasteiger partial charge < -0.3 is 5.73 Å². The van der Waals surface area contributed by atoms with Gasteiger partial charge in [-0.2, -0.15) is 0 Å². The first-order chi connectivity index (χ1) is 8.59. The number of hydrogen-bond acceptors (Lipinski definition) is 3. The number of benzene rings is 1. The minimum atomic E-state index is -2.76. The van der Waals surface area contributed by atoms with E-state index in [4.69, 9.17) is 5.73 Å². The fourth-order valence-electron chi connectivity index (χ4n) is 2.13. The molecule has 1 atom stereocenters. The highest BCUT2D eigenvalue weighted by Crippen LogP contribution is 2.60. The van der Waals surface area contributed by atoms with E-state index >= 15 is 0 Å². The Hall–Kier alpha value is -1.82. The summed E-state index contributed by atoms with van der Waals surface area (Å²) >= 11 is 0. The lowest BCUT2D eigenvalue weighted by atomic mass is 10.0. The molecule has 1 aromatic heterocycles. The average Bonchev–Trinajstić information content (AvgIpc) is 2.78. The van der Waals surface area contributed by atoms with E-state index in [0.717, 1.165) is 5.69 Å². The van der Waals surface area contributed by atoms with E-state index in [1.54, 1.807) is 0 Å². The van der Waals surface area contributed by atoms with Gasteiger partial charge in [0.15, 0.2) is 0 Å². The van der Waals surface area contributed by atoms with Gasteiger partial charge in [-0.15, -0.1) is 5.10 Å². The number of hydrogen-bond donors (Lipinski definition) is 1. The summed E-state index contributed by atoms with van der Waals surface area (Å²) in [6, 6.07) is 9.23. The third-order valence-corrected chi connectivity index (χ3v) is 3.45. The van der Waals surface area contributed by atoms with Crippen molar-refractivity contribution < 1.29 is 8.78 Å². The summed E-state index contributed by atoms with van der Waals surface area (Å²) in [5.74, 6) is -2.76. The van der Waals surface area contributed by atoms with Crippen LogP contribution in [0.2, 0.25) is 0 Å². The van der Waals surface area contributed by atoms with E-state index in [1.807, 2.05) is 30.3 Å². The first kappa shape index (κ1) is 11.3. The predicted octanol–water partition coefficient (Wildman–Crippen LogP) is 1.50. The van der Waals surface area contributed by atoms with E-state index in [-0.39, 0.29) is 18.7 Å². The highest BCUT2D eigenvalue weighted by Gasteiger charge is 2.72. The molecule has 18 heavy (non-hydrogen) atoms. The highest BCUT2D eigenvalue weighted by atomic mass is 19.3. The van der Waals surface area contributed by atoms with Gasteiger partial charge in [-0.1, -0.05) is 23.4 Å². The number of nitrogens with two attached hydrogens (primary N) is 1. The summed E-state index contributed by atoms with van der Waals surface area (Å²) in [7, 11) is 0. The number of aromatic nitrogens is 3. The Labute approximate surface area is 102 Å². The van der Waals surface area contributed by atoms with E-state index < -0.39 is 11.3 Å². The van der Waals surface area contributed by atoms with Crippen molar-refractivity contribution in [2.45, 2.75) is 17.8 Å². The first-order valence-electron chi connectivity index (χ1n) is 5.65. The second-order valence-corrected chi connectivity index (χ2v) is 4.55. The van der Waals surface area contributed by atoms with Crippen LogP contribution in [0.15, 0.2) is 36.5 Å². The number of halogens is 2. The van der Waals surface area contributed by atoms with Gasteiger partial charge >= 0.3 is 0 Å². The second kappa shape index (κ2) is 3.58. The summed E-state index contributed by atoms with van der Waals surface area (Å²) in [5.41, 5.74) is 5.20. The van der Waals surface area contributed by atoms with Crippen molar-refractivity contribution in [3.8, 4) is 5.69 Å². The molecule has 1 aliphatic rings. The molecule has 0 amide bonds. The first-order valence-corrected chi connectivity index (χ1v) is 5.65. The van der Waals surface area contributed by atoms with Crippen molar-refractivity contribution in [3.05, 3.63) is 42.2 Å². The summed E-state index contributed by atoms with van der Waals surface area (Å²) in [6.45, 7) is -0.118. The van der Waals surface area contributed by atoms with Gasteiger partial charge in [0.25, 0.3) is 5.92 Å². The van der Waals surface area contributed by atoms with Crippen molar-refractivity contribution in [1.29, 1.82) is 0 Å². The van der Waals surface area contributed by atoms with Crippen LogP contribution >= 0.6 is 0 Å². The lowest BCUT2D eigenvalue weighted by Crippen LogP contribution is -2.27. The molecule has 1 saturated carbocycles. The van der Waals surface area contributed by atoms with Crippen molar-refractivity contribution >= 4 is 0 Å². The maximum absolute atomic E-state index is 13.4. The van der Waals surface area contributed by atoms with Crippen LogP contribution in [-0.4, -0.2) is 27.5 Å². The van der Waals surface area contributed by atoms with Crippen molar-refractivity contribution in [1.82, 2.24) is 15.0 Å². The molecule has 1 aliphatic carbocycles. The third kappa shape index (κ3) is 1.45. The van der Waals surface area contributed by atoms with Crippen LogP contribution < -0.4 is 5.73 Å². The fraction of sp³-hybridized carbons (Fsp3) is 0.333. The van der Waals surface area contributed by atoms with E-state index in [0.29, 0.717) is 0 Å². The Balaban J connectivity index is 1.96. The molecule has 3 rings (SSSR count). The monoisotopic (exact) mass is 250 g/mol. The molecular weight excluding hydrogens is 238 g/mol. The lowest BCUT2D eigenvalue weighted by molar-refractivity contribution is 0.0886. The van der Waals surface area contributed by atoms with Gasteiger partial charge in [-0.25, -0.2) is 13.5 Å². The third-order valence-electron chi connectivity index (χ3n) is 3.45. The van der Waals surface area contributed by atoms with Gasteiger partial charge in [-0.3, -0.25) is 0 Å². The fourth-order valence-corrected chi connectivity index (χ4v) is 2.13. The van der Waals surface area contributed by atoms with Crippen LogP contribution in [0, 0.1) is 0 Å². The largest absolute Gasteiger partial charge is 0.329 e. The van der Waals surface area contributed by atoms with Gasteiger partial charge in [0.1, 0.15) is 0 Å². The Morgan fingerprint density at radius 3 is 2.50 bits per heavy atom. The predicted molar refractivity (Wildman–Crippen MR) is 61.7 cm³/mol. The number of rotatable bonds is 3. The normalized spacial score (nSPS) is 25.1. The molecule has 4 nitrogen and oxygen atoms in total. The smallest absolute Gasteiger partial charge is 0.261 e. The van der Waals surface area contributed by atoms with E-state index in [1.165, 1.54) is 10.9 Å². The van der Waals surface area contributed by atoms with Crippen molar-refractivity contribution in [2.75, 3.05) is 6.54 Å². The minimum Gasteiger partial charge on any atom is -0.329 e. The molecular formula is C12H12F2N4. The van der Waals surface area contributed by atoms with Gasteiger partial charge in [-0.05, 0) is 12.1 Å². The Bertz CT molecular complexity index is 566. The topological polar surface area (TPSA) is 56.7 Å². The minimum absolute atomic E-state index is 0.118. The molecule has 0 radical (unpaired) electrons. The molecule has 0 bridgehead atoms. The van der Waals surface area contributed by atoms with Crippen LogP contribution in [0.3, 0.4) is 0 Å². The molecule has 94 valence electrons. The van der Waals surface area contributed by atoms with Crippen LogP contribution in [0.5, 0.6) is 0 Å². The zero-order valence-electron chi connectivity index (χ0n) is 9.55. The number of para-hydroxylation sites is 1. The maximum atomic E-state index is 13.4. The molecule has 0 saturated heterocycles. The Morgan fingerprint density at radius 2 is 1.94 bits per heavy atom. The molecule has 2 aromatic rings. The summed E-state index contributed by atoms with van der Waals surface area (Å²) in [6.07, 6.45) is 1.28. The molecule has 1 aromatic carbocycles. The average molecular weight is 250 g/mol. The standard InChI is InChI=1S/C12H12F2N4/c13-12(14)7-11(12,8-15)10-6-18(17-16-10)9-4-2-1-3-5-9/h1-6H,7-8,15H2. The van der Waals surface area contributed by atoms with Crippen LogP contribution in [-0.2, 0) is 5.41 Å². The van der Waals surface area contributed by atoms with Gasteiger partial charge in [0.2, 0.25) is 0 Å². The summed E-state index contributed by atoms with van der Waals surface area (Å²) < 4.78 is 28.3. The van der Waals surface area contributed by atoms with Crippen LogP contribution in [0.1, 0.15) is 12.1 Å². The van der Waals surface area contributed by atoms with Gasteiger partial charge in [0, 0.05) is 13.0 Å². The highest BCUT2D eigenvalue weighted by molar-refractivity contribution is 5.35. The molecule has 0 aliphatic heterocycles. The lowest BCUT2D eigenvalue weighted by Gasteiger charge is -2.08. The van der Waals surface area contributed by atoms with Crippen LogP contribution in [0.25, 0.3) is 5.69 Å². The summed E-state index contributed by atoms with van der Waals surface area (Å²) in [4.78, 5) is 0. The number of nitrogens with zero attached hydrogens (tertiary/aromatic N) is 3. The van der Waals surface area contributed by atoms with Gasteiger partial charge in [0.05, 0.1) is 23.0 Å². The van der Waals surface area contributed by atoms with E-state index in [2.05, 4.69) is 10.3 Å². The molecule has 1 fully saturated rings. The molecule has 6 heteroatoms. The zero-order valence-corrected chi connectivity index (χ0v) is 9.55. The molecule has 0 spiro atoms. The zero-order chi connectivity index (χ0) is 12.8. The molecule has 1 heterocycles. The maximum Gasteiger partial charge on any atom is 0.261 e. The molecule has 1 unspecified atom stereocenters. The Kier molecular flexibility index (Phi) is 2.25. The van der Waals surface area contributed by atoms with Crippen molar-refractivity contribution in [2.24, 2.45) is 5.73 Å². The summed E-state index contributed by atoms with van der Waals surface area (Å²) in [5, 5.41) is 7.73. The van der Waals surface area contributed by atoms with Crippen LogP contribution in [0.4, 0.5) is 8.78 Å². The second-order valence-electron chi connectivity index (χ2n) is 4.55.